The average Bonchev–Trinajstić information content (AvgIpc) is 2.80. The van der Waals surface area contributed by atoms with E-state index in [1.54, 1.807) is 0 Å². The monoisotopic (exact) mass is 437 g/mol. The van der Waals surface area contributed by atoms with Crippen molar-refractivity contribution in [3.05, 3.63) is 33.4 Å². The predicted molar refractivity (Wildman–Crippen MR) is 77.4 cm³/mol. The third kappa shape index (κ3) is 3.66. The molecule has 1 heterocycles. The van der Waals surface area contributed by atoms with Crippen molar-refractivity contribution in [3.63, 3.8) is 0 Å². The van der Waals surface area contributed by atoms with Crippen LogP contribution >= 0.6 is 23.2 Å². The van der Waals surface area contributed by atoms with Gasteiger partial charge in [0.1, 0.15) is 22.9 Å². The summed E-state index contributed by atoms with van der Waals surface area (Å²) in [7, 11) is 0. The van der Waals surface area contributed by atoms with Gasteiger partial charge in [-0.15, -0.1) is 18.3 Å². The Bertz CT molecular complexity index is 883. The normalized spacial score (nSPS) is 13.5. The molecule has 0 amide bonds. The predicted octanol–water partition coefficient (Wildman–Crippen LogP) is 4.40. The lowest BCUT2D eigenvalue weighted by Gasteiger charge is -2.13. The number of alkyl halides is 6. The lowest BCUT2D eigenvalue weighted by Crippen LogP contribution is -2.23. The van der Waals surface area contributed by atoms with Crippen LogP contribution in [0.2, 0.25) is 10.0 Å². The van der Waals surface area contributed by atoms with Gasteiger partial charge in [-0.25, -0.2) is 0 Å². The molecule has 0 saturated carbocycles. The number of hydrogen-bond acceptors (Lipinski definition) is 4. The van der Waals surface area contributed by atoms with Gasteiger partial charge in [0.25, 0.3) is 10.8 Å². The lowest BCUT2D eigenvalue weighted by molar-refractivity contribution is -0.137. The van der Waals surface area contributed by atoms with Crippen LogP contribution in [0.3, 0.4) is 0 Å². The van der Waals surface area contributed by atoms with Crippen LogP contribution in [-0.4, -0.2) is 24.9 Å². The Hall–Kier alpha value is -1.81. The molecule has 1 unspecified atom stereocenters. The van der Waals surface area contributed by atoms with Crippen molar-refractivity contribution in [2.24, 2.45) is 0 Å². The van der Waals surface area contributed by atoms with Gasteiger partial charge in [-0.2, -0.15) is 23.1 Å². The van der Waals surface area contributed by atoms with Crippen molar-refractivity contribution in [1.82, 2.24) is 9.78 Å². The Labute approximate surface area is 153 Å². The molecule has 1 aromatic carbocycles. The van der Waals surface area contributed by atoms with Crippen molar-refractivity contribution in [1.29, 1.82) is 5.26 Å². The van der Waals surface area contributed by atoms with E-state index in [9.17, 15) is 36.0 Å². The van der Waals surface area contributed by atoms with E-state index in [2.05, 4.69) is 5.10 Å². The molecule has 0 aliphatic carbocycles. The van der Waals surface area contributed by atoms with Gasteiger partial charge in [-0.05, 0) is 12.1 Å². The second kappa shape index (κ2) is 6.73. The molecule has 0 aliphatic heterocycles. The maximum atomic E-state index is 12.7. The maximum Gasteiger partial charge on any atom is 0.578 e. The van der Waals surface area contributed by atoms with Gasteiger partial charge in [0.05, 0.1) is 15.6 Å². The van der Waals surface area contributed by atoms with E-state index >= 15 is 0 Å². The van der Waals surface area contributed by atoms with E-state index in [0.717, 1.165) is 0 Å². The third-order valence-electron chi connectivity index (χ3n) is 2.88. The highest BCUT2D eigenvalue weighted by Gasteiger charge is 2.51. The van der Waals surface area contributed by atoms with E-state index in [1.165, 1.54) is 6.07 Å². The Morgan fingerprint density at radius 2 is 1.65 bits per heavy atom. The SMILES string of the molecule is N#Cc1nn(-c2c(Cl)cc(C(F)(F)F)cc2Cl)c(O)c1[S+]([O-])C(F)(F)F. The van der Waals surface area contributed by atoms with Gasteiger partial charge in [-0.1, -0.05) is 23.2 Å². The van der Waals surface area contributed by atoms with Gasteiger partial charge < -0.3 is 9.66 Å². The van der Waals surface area contributed by atoms with Crippen LogP contribution in [0.1, 0.15) is 11.3 Å². The molecule has 0 saturated heterocycles. The first kappa shape index (κ1) is 20.5. The van der Waals surface area contributed by atoms with Crippen LogP contribution in [0.4, 0.5) is 26.3 Å². The van der Waals surface area contributed by atoms with Gasteiger partial charge in [0.15, 0.2) is 0 Å². The molecular formula is C12H3Cl2F6N3O2S. The molecule has 2 rings (SSSR count). The molecule has 0 spiro atoms. The molecule has 0 aliphatic rings. The number of nitriles is 1. The van der Waals surface area contributed by atoms with E-state index in [4.69, 9.17) is 28.5 Å². The summed E-state index contributed by atoms with van der Waals surface area (Å²) in [5, 5.41) is 20.6. The standard InChI is InChI=1S/C12H3Cl2F6N3O2S/c13-5-1-4(11(15,16)17)2-6(14)8(5)23-10(24)9(7(3-21)22-23)26(25)12(18,19)20/h1-2,24H. The molecule has 2 aromatic rings. The quantitative estimate of drug-likeness (QED) is 0.557. The summed E-state index contributed by atoms with van der Waals surface area (Å²) in [6, 6.07) is 2.00. The molecule has 5 nitrogen and oxygen atoms in total. The minimum atomic E-state index is -5.33. The zero-order valence-electron chi connectivity index (χ0n) is 11.8. The minimum Gasteiger partial charge on any atom is -0.604 e. The van der Waals surface area contributed by atoms with E-state index in [0.29, 0.717) is 12.1 Å². The second-order valence-electron chi connectivity index (χ2n) is 4.53. The third-order valence-corrected chi connectivity index (χ3v) is 4.62. The summed E-state index contributed by atoms with van der Waals surface area (Å²) < 4.78 is 87.8. The fourth-order valence-electron chi connectivity index (χ4n) is 1.84. The minimum absolute atomic E-state index is 0.211. The maximum absolute atomic E-state index is 12.7. The molecule has 0 fully saturated rings. The number of nitrogens with zero attached hydrogens (tertiary/aromatic N) is 3. The largest absolute Gasteiger partial charge is 0.604 e. The second-order valence-corrected chi connectivity index (χ2v) is 6.75. The number of halogens is 8. The van der Waals surface area contributed by atoms with Crippen LogP contribution in [-0.2, 0) is 17.4 Å². The summed E-state index contributed by atoms with van der Waals surface area (Å²) in [5.41, 5.74) is -8.28. The molecular weight excluding hydrogens is 435 g/mol. The van der Waals surface area contributed by atoms with Crippen molar-refractivity contribution in [2.75, 3.05) is 0 Å². The fraction of sp³-hybridized carbons (Fsp3) is 0.167. The van der Waals surface area contributed by atoms with Crippen LogP contribution < -0.4 is 0 Å². The van der Waals surface area contributed by atoms with Crippen LogP contribution in [0.15, 0.2) is 17.0 Å². The molecule has 1 atom stereocenters. The van der Waals surface area contributed by atoms with Crippen molar-refractivity contribution >= 4 is 34.4 Å². The van der Waals surface area contributed by atoms with Gasteiger partial charge >= 0.3 is 11.7 Å². The number of benzene rings is 1. The van der Waals surface area contributed by atoms with Crippen LogP contribution in [0, 0.1) is 11.3 Å². The first-order valence-electron chi connectivity index (χ1n) is 6.06. The molecule has 14 heteroatoms. The van der Waals surface area contributed by atoms with Crippen LogP contribution in [0.5, 0.6) is 5.88 Å². The zero-order chi connectivity index (χ0) is 20.0. The number of aromatic nitrogens is 2. The molecule has 1 N–H and O–H groups in total. The van der Waals surface area contributed by atoms with E-state index < -0.39 is 60.6 Å². The Kier molecular flexibility index (Phi) is 5.31. The fourth-order valence-corrected chi connectivity index (χ4v) is 3.23. The topological polar surface area (TPSA) is 84.9 Å². The number of hydrogen-bond donors (Lipinski definition) is 1. The molecule has 140 valence electrons. The smallest absolute Gasteiger partial charge is 0.578 e. The first-order valence-corrected chi connectivity index (χ1v) is 7.97. The van der Waals surface area contributed by atoms with E-state index in [1.807, 2.05) is 0 Å². The van der Waals surface area contributed by atoms with Gasteiger partial charge in [0.2, 0.25) is 5.69 Å². The molecule has 26 heavy (non-hydrogen) atoms. The first-order chi connectivity index (χ1) is 11.8. The highest BCUT2D eigenvalue weighted by atomic mass is 35.5. The van der Waals surface area contributed by atoms with Crippen LogP contribution in [0.25, 0.3) is 5.69 Å². The highest BCUT2D eigenvalue weighted by molar-refractivity contribution is 7.92. The average molecular weight is 438 g/mol. The highest BCUT2D eigenvalue weighted by Crippen LogP contribution is 2.42. The summed E-state index contributed by atoms with van der Waals surface area (Å²) in [6.07, 6.45) is -4.82. The van der Waals surface area contributed by atoms with E-state index in [-0.39, 0.29) is 4.68 Å². The number of aromatic hydroxyl groups is 1. The summed E-state index contributed by atoms with van der Waals surface area (Å²) in [5.74, 6) is -1.40. The lowest BCUT2D eigenvalue weighted by atomic mass is 10.2. The van der Waals surface area contributed by atoms with Crippen molar-refractivity contribution in [3.8, 4) is 17.6 Å². The summed E-state index contributed by atoms with van der Waals surface area (Å²) in [6.45, 7) is 0. The van der Waals surface area contributed by atoms with Crippen molar-refractivity contribution in [2.45, 2.75) is 16.6 Å². The summed E-state index contributed by atoms with van der Waals surface area (Å²) >= 11 is 7.54. The van der Waals surface area contributed by atoms with Gasteiger partial charge in [-0.3, -0.25) is 0 Å². The molecule has 0 bridgehead atoms. The Morgan fingerprint density at radius 1 is 1.15 bits per heavy atom. The van der Waals surface area contributed by atoms with Gasteiger partial charge in [0, 0.05) is 0 Å². The molecule has 1 aromatic heterocycles. The summed E-state index contributed by atoms with van der Waals surface area (Å²) in [4.78, 5) is -1.37. The molecule has 0 radical (unpaired) electrons. The number of rotatable bonds is 2. The zero-order valence-corrected chi connectivity index (χ0v) is 14.1. The Morgan fingerprint density at radius 3 is 2.04 bits per heavy atom. The van der Waals surface area contributed by atoms with Crippen molar-refractivity contribution < 1.29 is 36.0 Å². The Balaban J connectivity index is 2.72.